The summed E-state index contributed by atoms with van der Waals surface area (Å²) in [5, 5.41) is 6.24. The van der Waals surface area contributed by atoms with E-state index in [4.69, 9.17) is 0 Å². The van der Waals surface area contributed by atoms with Crippen LogP contribution in [0.3, 0.4) is 0 Å². The first-order chi connectivity index (χ1) is 12.3. The maximum Gasteiger partial charge on any atom is 0.262 e. The molecule has 3 aromatic rings. The Morgan fingerprint density at radius 2 is 1.65 bits per heavy atom. The molecule has 0 saturated heterocycles. The average Bonchev–Trinajstić information content (AvgIpc) is 2.82. The van der Waals surface area contributed by atoms with Crippen LogP contribution in [-0.4, -0.2) is 15.7 Å². The molecule has 2 aromatic carbocycles. The van der Waals surface area contributed by atoms with Gasteiger partial charge in [0.25, 0.3) is 5.91 Å². The Morgan fingerprint density at radius 1 is 1.00 bits per heavy atom. The molecule has 1 aromatic heterocycles. The lowest BCUT2D eigenvalue weighted by Crippen LogP contribution is -2.15. The number of amides is 1. The number of anilines is 1. The summed E-state index contributed by atoms with van der Waals surface area (Å²) in [6.45, 7) is 1.46. The largest absolute Gasteiger partial charge is 0.321 e. The van der Waals surface area contributed by atoms with E-state index in [1.54, 1.807) is 0 Å². The van der Waals surface area contributed by atoms with Crippen molar-refractivity contribution in [2.45, 2.75) is 6.92 Å². The van der Waals surface area contributed by atoms with E-state index < -0.39 is 29.3 Å². The summed E-state index contributed by atoms with van der Waals surface area (Å²) in [7, 11) is 1.34. The van der Waals surface area contributed by atoms with Crippen molar-refractivity contribution in [2.75, 3.05) is 5.32 Å². The zero-order chi connectivity index (χ0) is 19.0. The van der Waals surface area contributed by atoms with Crippen LogP contribution >= 0.6 is 0 Å². The van der Waals surface area contributed by atoms with Crippen molar-refractivity contribution in [1.82, 2.24) is 9.78 Å². The molecule has 0 atom stereocenters. The molecule has 4 nitrogen and oxygen atoms in total. The van der Waals surface area contributed by atoms with Gasteiger partial charge in [0, 0.05) is 29.9 Å². The minimum atomic E-state index is -0.921. The van der Waals surface area contributed by atoms with Gasteiger partial charge in [-0.2, -0.15) is 9.49 Å². The Bertz CT molecular complexity index is 1010. The van der Waals surface area contributed by atoms with Crippen LogP contribution in [-0.2, 0) is 7.05 Å². The van der Waals surface area contributed by atoms with E-state index in [1.807, 2.05) is 0 Å². The van der Waals surface area contributed by atoms with Crippen LogP contribution in [0, 0.1) is 30.3 Å². The molecule has 0 saturated carbocycles. The standard InChI is InChI=1S/C18H13F4N3O/c1-9-16(17(22)25(2)24-9)18(26)23-15-6-4-10(19)7-13(15)12-5-3-11(20)8-14(12)21/h3-8H,1-2H3,(H,23,26). The third-order valence-corrected chi connectivity index (χ3v) is 3.83. The summed E-state index contributed by atoms with van der Waals surface area (Å²) in [5.41, 5.74) is -0.173. The van der Waals surface area contributed by atoms with Crippen LogP contribution in [0.1, 0.15) is 16.1 Å². The Labute approximate surface area is 146 Å². The minimum Gasteiger partial charge on any atom is -0.321 e. The second kappa shape index (κ2) is 6.62. The number of hydrogen-bond acceptors (Lipinski definition) is 2. The van der Waals surface area contributed by atoms with Crippen molar-refractivity contribution >= 4 is 11.6 Å². The predicted molar refractivity (Wildman–Crippen MR) is 87.6 cm³/mol. The van der Waals surface area contributed by atoms with Crippen LogP contribution in [0.15, 0.2) is 36.4 Å². The smallest absolute Gasteiger partial charge is 0.262 e. The number of nitrogens with zero attached hydrogens (tertiary/aromatic N) is 2. The van der Waals surface area contributed by atoms with Crippen LogP contribution in [0.5, 0.6) is 0 Å². The molecule has 26 heavy (non-hydrogen) atoms. The average molecular weight is 363 g/mol. The first kappa shape index (κ1) is 17.7. The van der Waals surface area contributed by atoms with Crippen LogP contribution < -0.4 is 5.32 Å². The van der Waals surface area contributed by atoms with E-state index >= 15 is 0 Å². The SMILES string of the molecule is Cc1nn(C)c(F)c1C(=O)Nc1ccc(F)cc1-c1ccc(F)cc1F. The summed E-state index contributed by atoms with van der Waals surface area (Å²) in [6.07, 6.45) is 0. The molecule has 8 heteroatoms. The maximum absolute atomic E-state index is 14.1. The highest BCUT2D eigenvalue weighted by Gasteiger charge is 2.22. The summed E-state index contributed by atoms with van der Waals surface area (Å²) < 4.78 is 55.8. The molecule has 0 fully saturated rings. The zero-order valence-corrected chi connectivity index (χ0v) is 13.8. The van der Waals surface area contributed by atoms with Crippen molar-refractivity contribution < 1.29 is 22.4 Å². The van der Waals surface area contributed by atoms with E-state index in [1.165, 1.54) is 20.0 Å². The van der Waals surface area contributed by atoms with E-state index in [0.29, 0.717) is 6.07 Å². The maximum atomic E-state index is 14.1. The van der Waals surface area contributed by atoms with Gasteiger partial charge < -0.3 is 5.32 Å². The topological polar surface area (TPSA) is 46.9 Å². The minimum absolute atomic E-state index is 0.00204. The highest BCUT2D eigenvalue weighted by molar-refractivity contribution is 6.07. The van der Waals surface area contributed by atoms with Crippen molar-refractivity contribution in [2.24, 2.45) is 7.05 Å². The van der Waals surface area contributed by atoms with Gasteiger partial charge in [0.15, 0.2) is 0 Å². The van der Waals surface area contributed by atoms with Gasteiger partial charge in [0.1, 0.15) is 23.0 Å². The number of nitrogens with one attached hydrogen (secondary N) is 1. The van der Waals surface area contributed by atoms with Gasteiger partial charge in [0.2, 0.25) is 5.95 Å². The molecule has 0 bridgehead atoms. The highest BCUT2D eigenvalue weighted by atomic mass is 19.1. The molecule has 1 amide bonds. The molecule has 0 spiro atoms. The Hall–Kier alpha value is -3.16. The monoisotopic (exact) mass is 363 g/mol. The van der Waals surface area contributed by atoms with E-state index in [0.717, 1.165) is 28.9 Å². The van der Waals surface area contributed by atoms with Crippen molar-refractivity contribution in [3.05, 3.63) is 71.1 Å². The Morgan fingerprint density at radius 3 is 2.27 bits per heavy atom. The fourth-order valence-corrected chi connectivity index (χ4v) is 2.63. The predicted octanol–water partition coefficient (Wildman–Crippen LogP) is 4.20. The first-order valence-corrected chi connectivity index (χ1v) is 7.53. The summed E-state index contributed by atoms with van der Waals surface area (Å²) in [4.78, 5) is 12.4. The third-order valence-electron chi connectivity index (χ3n) is 3.83. The second-order valence-electron chi connectivity index (χ2n) is 5.64. The van der Waals surface area contributed by atoms with Gasteiger partial charge >= 0.3 is 0 Å². The lowest BCUT2D eigenvalue weighted by molar-refractivity contribution is 0.102. The fourth-order valence-electron chi connectivity index (χ4n) is 2.63. The number of aryl methyl sites for hydroxylation is 2. The Kier molecular flexibility index (Phi) is 4.50. The van der Waals surface area contributed by atoms with Crippen molar-refractivity contribution in [3.63, 3.8) is 0 Å². The van der Waals surface area contributed by atoms with Gasteiger partial charge in [-0.3, -0.25) is 4.79 Å². The number of carbonyl (C=O) groups excluding carboxylic acids is 1. The molecule has 0 radical (unpaired) electrons. The van der Waals surface area contributed by atoms with Crippen LogP contribution in [0.25, 0.3) is 11.1 Å². The lowest BCUT2D eigenvalue weighted by atomic mass is 10.0. The molecule has 3 rings (SSSR count). The van der Waals surface area contributed by atoms with Crippen molar-refractivity contribution in [1.29, 1.82) is 0 Å². The molecule has 134 valence electrons. The summed E-state index contributed by atoms with van der Waals surface area (Å²) in [6, 6.07) is 6.07. The van der Waals surface area contributed by atoms with E-state index in [9.17, 15) is 22.4 Å². The van der Waals surface area contributed by atoms with Crippen molar-refractivity contribution in [3.8, 4) is 11.1 Å². The molecular formula is C18H13F4N3O. The first-order valence-electron chi connectivity index (χ1n) is 7.53. The summed E-state index contributed by atoms with van der Waals surface area (Å²) >= 11 is 0. The van der Waals surface area contributed by atoms with Gasteiger partial charge in [-0.15, -0.1) is 0 Å². The second-order valence-corrected chi connectivity index (χ2v) is 5.64. The quantitative estimate of drug-likeness (QED) is 0.709. The number of carbonyl (C=O) groups is 1. The lowest BCUT2D eigenvalue weighted by Gasteiger charge is -2.12. The van der Waals surface area contributed by atoms with E-state index in [-0.39, 0.29) is 28.1 Å². The fraction of sp³-hybridized carbons (Fsp3) is 0.111. The van der Waals surface area contributed by atoms with Gasteiger partial charge in [-0.05, 0) is 37.3 Å². The van der Waals surface area contributed by atoms with Gasteiger partial charge in [0.05, 0.1) is 5.69 Å². The molecule has 1 heterocycles. The van der Waals surface area contributed by atoms with Crippen LogP contribution in [0.4, 0.5) is 23.2 Å². The molecule has 0 aliphatic carbocycles. The Balaban J connectivity index is 2.05. The number of benzene rings is 2. The molecule has 0 aliphatic heterocycles. The summed E-state index contributed by atoms with van der Waals surface area (Å²) in [5.74, 6) is -4.04. The number of hydrogen-bond donors (Lipinski definition) is 1. The molecular weight excluding hydrogens is 350 g/mol. The number of aromatic nitrogens is 2. The molecule has 1 N–H and O–H groups in total. The number of rotatable bonds is 3. The van der Waals surface area contributed by atoms with Gasteiger partial charge in [-0.25, -0.2) is 17.9 Å². The normalized spacial score (nSPS) is 10.8. The zero-order valence-electron chi connectivity index (χ0n) is 13.8. The molecule has 0 unspecified atom stereocenters. The van der Waals surface area contributed by atoms with Gasteiger partial charge in [-0.1, -0.05) is 0 Å². The number of halogens is 4. The highest BCUT2D eigenvalue weighted by Crippen LogP contribution is 2.32. The molecule has 0 aliphatic rings. The van der Waals surface area contributed by atoms with E-state index in [2.05, 4.69) is 10.4 Å². The third kappa shape index (κ3) is 3.17. The van der Waals surface area contributed by atoms with Crippen LogP contribution in [0.2, 0.25) is 0 Å².